The monoisotopic (exact) mass is 169 g/mol. The summed E-state index contributed by atoms with van der Waals surface area (Å²) in [6.07, 6.45) is 0. The quantitative estimate of drug-likeness (QED) is 0.662. The fourth-order valence-corrected chi connectivity index (χ4v) is 1.11. The summed E-state index contributed by atoms with van der Waals surface area (Å²) in [4.78, 5) is 0. The van der Waals surface area contributed by atoms with Gasteiger partial charge in [0.2, 0.25) is 0 Å². The summed E-state index contributed by atoms with van der Waals surface area (Å²) in [5.74, 6) is 0.851. The Hall–Kier alpha value is -0.690. The van der Waals surface area contributed by atoms with Crippen molar-refractivity contribution in [2.75, 3.05) is 6.61 Å². The summed E-state index contributed by atoms with van der Waals surface area (Å²) in [5, 5.41) is 0.735. The van der Waals surface area contributed by atoms with Crippen molar-refractivity contribution in [3.63, 3.8) is 0 Å². The van der Waals surface area contributed by atoms with Gasteiger partial charge in [0.05, 0.1) is 6.61 Å². The molecule has 0 fully saturated rings. The second kappa shape index (κ2) is 3.63. The smallest absolute Gasteiger partial charge is 0.122 e. The van der Waals surface area contributed by atoms with Crippen LogP contribution in [0.3, 0.4) is 0 Å². The number of ether oxygens (including phenoxy) is 1. The molecule has 0 amide bonds. The lowest BCUT2D eigenvalue weighted by molar-refractivity contribution is 0.358. The molecule has 0 saturated carbocycles. The highest BCUT2D eigenvalue weighted by molar-refractivity contribution is 6.30. The van der Waals surface area contributed by atoms with E-state index in [4.69, 9.17) is 16.3 Å². The molecule has 1 radical (unpaired) electrons. The Labute approximate surface area is 71.9 Å². The molecule has 0 aromatic heterocycles. The number of hydrogen-bond acceptors (Lipinski definition) is 1. The third-order valence-corrected chi connectivity index (χ3v) is 1.63. The van der Waals surface area contributed by atoms with E-state index in [9.17, 15) is 0 Å². The molecule has 1 aromatic rings. The molecule has 0 saturated heterocycles. The van der Waals surface area contributed by atoms with Gasteiger partial charge >= 0.3 is 0 Å². The minimum absolute atomic E-state index is 0.447. The van der Waals surface area contributed by atoms with Crippen LogP contribution < -0.4 is 4.74 Å². The lowest BCUT2D eigenvalue weighted by Gasteiger charge is -2.05. The summed E-state index contributed by atoms with van der Waals surface area (Å²) < 4.78 is 5.22. The second-order valence-corrected chi connectivity index (χ2v) is 2.69. The molecule has 0 N–H and O–H groups in total. The Morgan fingerprint density at radius 1 is 1.55 bits per heavy atom. The van der Waals surface area contributed by atoms with Gasteiger partial charge in [0.15, 0.2) is 0 Å². The van der Waals surface area contributed by atoms with Crippen LogP contribution in [0.5, 0.6) is 5.75 Å². The topological polar surface area (TPSA) is 9.23 Å². The van der Waals surface area contributed by atoms with E-state index in [2.05, 4.69) is 6.92 Å². The molecule has 0 aliphatic heterocycles. The van der Waals surface area contributed by atoms with E-state index in [1.165, 1.54) is 0 Å². The van der Waals surface area contributed by atoms with Gasteiger partial charge in [0.1, 0.15) is 5.75 Å². The first kappa shape index (κ1) is 8.41. The summed E-state index contributed by atoms with van der Waals surface area (Å²) in [6, 6.07) is 5.52. The molecule has 0 atom stereocenters. The first-order valence-corrected chi connectivity index (χ1v) is 3.80. The van der Waals surface area contributed by atoms with Crippen LogP contribution in [0.25, 0.3) is 0 Å². The summed E-state index contributed by atoms with van der Waals surface area (Å²) >= 11 is 5.75. The molecule has 0 bridgehead atoms. The van der Waals surface area contributed by atoms with Gasteiger partial charge in [0.25, 0.3) is 0 Å². The van der Waals surface area contributed by atoms with E-state index in [0.29, 0.717) is 6.61 Å². The van der Waals surface area contributed by atoms with Gasteiger partial charge in [-0.2, -0.15) is 0 Å². The van der Waals surface area contributed by atoms with Crippen LogP contribution in [-0.4, -0.2) is 6.61 Å². The van der Waals surface area contributed by atoms with Gasteiger partial charge in [-0.3, -0.25) is 0 Å². The number of halogens is 1. The number of aryl methyl sites for hydroxylation is 1. The Balaban J connectivity index is 2.90. The molecular weight excluding hydrogens is 160 g/mol. The highest BCUT2D eigenvalue weighted by Crippen LogP contribution is 2.21. The first-order valence-electron chi connectivity index (χ1n) is 3.42. The summed E-state index contributed by atoms with van der Waals surface area (Å²) in [6.45, 7) is 5.99. The standard InChI is InChI=1S/C9H10ClO/c1-3-11-9-5-4-8(10)6-7(9)2/h4-6H,1,3H2,2H3. The molecular formula is C9H10ClO. The average molecular weight is 170 g/mol. The van der Waals surface area contributed by atoms with Gasteiger partial charge < -0.3 is 4.74 Å². The molecule has 2 heteroatoms. The van der Waals surface area contributed by atoms with Gasteiger partial charge in [-0.1, -0.05) is 11.6 Å². The third-order valence-electron chi connectivity index (χ3n) is 1.39. The molecule has 0 spiro atoms. The predicted molar refractivity (Wildman–Crippen MR) is 47.0 cm³/mol. The van der Waals surface area contributed by atoms with Crippen molar-refractivity contribution < 1.29 is 4.74 Å². The van der Waals surface area contributed by atoms with Gasteiger partial charge in [0, 0.05) is 5.02 Å². The van der Waals surface area contributed by atoms with Crippen LogP contribution in [0.2, 0.25) is 5.02 Å². The van der Waals surface area contributed by atoms with Gasteiger partial charge in [-0.05, 0) is 37.6 Å². The van der Waals surface area contributed by atoms with Crippen molar-refractivity contribution in [1.82, 2.24) is 0 Å². The van der Waals surface area contributed by atoms with Crippen LogP contribution >= 0.6 is 11.6 Å². The van der Waals surface area contributed by atoms with Crippen LogP contribution in [0.15, 0.2) is 18.2 Å². The van der Waals surface area contributed by atoms with Crippen molar-refractivity contribution in [1.29, 1.82) is 0 Å². The predicted octanol–water partition coefficient (Wildman–Crippen LogP) is 2.86. The largest absolute Gasteiger partial charge is 0.493 e. The van der Waals surface area contributed by atoms with E-state index >= 15 is 0 Å². The molecule has 1 aromatic carbocycles. The lowest BCUT2D eigenvalue weighted by Crippen LogP contribution is -1.93. The third kappa shape index (κ3) is 2.12. The maximum atomic E-state index is 5.75. The maximum absolute atomic E-state index is 5.75. The van der Waals surface area contributed by atoms with Gasteiger partial charge in [-0.15, -0.1) is 0 Å². The molecule has 59 valence electrons. The van der Waals surface area contributed by atoms with E-state index in [0.717, 1.165) is 16.3 Å². The van der Waals surface area contributed by atoms with Crippen molar-refractivity contribution in [3.8, 4) is 5.75 Å². The number of hydrogen-bond donors (Lipinski definition) is 0. The summed E-state index contributed by atoms with van der Waals surface area (Å²) in [7, 11) is 0. The van der Waals surface area contributed by atoms with Crippen molar-refractivity contribution >= 4 is 11.6 Å². The molecule has 0 heterocycles. The highest BCUT2D eigenvalue weighted by atomic mass is 35.5. The van der Waals surface area contributed by atoms with Crippen molar-refractivity contribution in [2.45, 2.75) is 6.92 Å². The minimum Gasteiger partial charge on any atom is -0.493 e. The summed E-state index contributed by atoms with van der Waals surface area (Å²) in [5.41, 5.74) is 1.04. The fraction of sp³-hybridized carbons (Fsp3) is 0.222. The second-order valence-electron chi connectivity index (χ2n) is 2.26. The van der Waals surface area contributed by atoms with Crippen molar-refractivity contribution in [3.05, 3.63) is 35.7 Å². The normalized spacial score (nSPS) is 9.73. The van der Waals surface area contributed by atoms with Crippen LogP contribution in [0.4, 0.5) is 0 Å². The maximum Gasteiger partial charge on any atom is 0.122 e. The zero-order chi connectivity index (χ0) is 8.27. The zero-order valence-corrected chi connectivity index (χ0v) is 7.19. The van der Waals surface area contributed by atoms with E-state index in [-0.39, 0.29) is 0 Å². The SMILES string of the molecule is [CH2]COc1ccc(Cl)cc1C. The van der Waals surface area contributed by atoms with E-state index in [1.807, 2.05) is 19.1 Å². The Bertz CT molecular complexity index is 245. The Morgan fingerprint density at radius 3 is 2.82 bits per heavy atom. The molecule has 1 nitrogen and oxygen atoms in total. The average Bonchev–Trinajstić information content (AvgIpc) is 1.95. The van der Waals surface area contributed by atoms with Gasteiger partial charge in [-0.25, -0.2) is 0 Å². The molecule has 11 heavy (non-hydrogen) atoms. The molecule has 0 aliphatic rings. The van der Waals surface area contributed by atoms with E-state index < -0.39 is 0 Å². The minimum atomic E-state index is 0.447. The lowest BCUT2D eigenvalue weighted by atomic mass is 10.2. The number of benzene rings is 1. The van der Waals surface area contributed by atoms with Crippen LogP contribution in [0.1, 0.15) is 5.56 Å². The zero-order valence-electron chi connectivity index (χ0n) is 6.43. The highest BCUT2D eigenvalue weighted by Gasteiger charge is 1.97. The van der Waals surface area contributed by atoms with E-state index in [1.54, 1.807) is 6.07 Å². The Morgan fingerprint density at radius 2 is 2.27 bits per heavy atom. The molecule has 1 rings (SSSR count). The molecule has 0 unspecified atom stereocenters. The first-order chi connectivity index (χ1) is 5.24. The Kier molecular flexibility index (Phi) is 2.77. The fourth-order valence-electron chi connectivity index (χ4n) is 0.885. The van der Waals surface area contributed by atoms with Crippen LogP contribution in [-0.2, 0) is 0 Å². The number of rotatable bonds is 2. The van der Waals surface area contributed by atoms with Crippen LogP contribution in [0, 0.1) is 13.8 Å². The molecule has 0 aliphatic carbocycles. The van der Waals surface area contributed by atoms with Crippen molar-refractivity contribution in [2.24, 2.45) is 0 Å².